The molecule has 3 heteroatoms. The largest absolute Gasteiger partial charge is 0.316 e. The molecular formula is C73H57N3. The molecule has 0 radical (unpaired) electrons. The van der Waals surface area contributed by atoms with Crippen LogP contribution < -0.4 is 4.90 Å². The standard InChI is InChI=1S/C70H51N3.C3H6/c1-48-18-16-30-63-67-66(43-36-52-44-45-71(69(52)67)56-26-12-5-13-27-56)73(68(48)63)59-28-17-21-53(46-59)51-34-39-58(40-35-51)72(57-37-32-50(33-38-57)49-19-6-2-7-20-49)60-41-42-62-61-29-14-15-31-64(61)70(65(62)47-60,54-22-8-3-9-23-54)55-24-10-4-11-25-55;1-3-2/h2-17,19-48H,18H2,1H3;3H,1H2,2H3. The summed E-state index contributed by atoms with van der Waals surface area (Å²) in [5.74, 6) is 0.359. The third-order valence-corrected chi connectivity index (χ3v) is 15.6. The summed E-state index contributed by atoms with van der Waals surface area (Å²) in [6.07, 6.45) is 9.70. The van der Waals surface area contributed by atoms with Gasteiger partial charge in [-0.25, -0.2) is 0 Å². The average molecular weight is 976 g/mol. The Kier molecular flexibility index (Phi) is 11.9. The minimum absolute atomic E-state index is 0.359. The molecule has 1 atom stereocenters. The van der Waals surface area contributed by atoms with Crippen molar-refractivity contribution >= 4 is 44.9 Å². The van der Waals surface area contributed by atoms with Crippen molar-refractivity contribution in [1.82, 2.24) is 9.13 Å². The first-order valence-corrected chi connectivity index (χ1v) is 26.5. The number of hydrogen-bond acceptors (Lipinski definition) is 1. The van der Waals surface area contributed by atoms with Gasteiger partial charge in [-0.1, -0.05) is 207 Å². The molecule has 0 amide bonds. The monoisotopic (exact) mass is 975 g/mol. The van der Waals surface area contributed by atoms with Gasteiger partial charge in [-0.15, -0.1) is 6.58 Å². The molecule has 0 spiro atoms. The van der Waals surface area contributed by atoms with Crippen molar-refractivity contribution in [2.75, 3.05) is 4.90 Å². The topological polar surface area (TPSA) is 13.1 Å². The van der Waals surface area contributed by atoms with Crippen LogP contribution >= 0.6 is 0 Å². The summed E-state index contributed by atoms with van der Waals surface area (Å²) in [6, 6.07) is 93.9. The van der Waals surface area contributed by atoms with Crippen LogP contribution in [0.2, 0.25) is 0 Å². The maximum atomic E-state index is 3.36. The Labute approximate surface area is 446 Å². The van der Waals surface area contributed by atoms with Gasteiger partial charge >= 0.3 is 0 Å². The Morgan fingerprint density at radius 2 is 1.04 bits per heavy atom. The number of aromatic nitrogens is 2. The Morgan fingerprint density at radius 3 is 1.71 bits per heavy atom. The zero-order chi connectivity index (χ0) is 51.2. The second kappa shape index (κ2) is 19.4. The lowest BCUT2D eigenvalue weighted by molar-refractivity contribution is 0.723. The highest BCUT2D eigenvalue weighted by Gasteiger charge is 2.46. The third kappa shape index (κ3) is 7.66. The van der Waals surface area contributed by atoms with Gasteiger partial charge in [0.05, 0.1) is 16.4 Å². The number of benzene rings is 10. The van der Waals surface area contributed by atoms with E-state index in [1.165, 1.54) is 100 Å². The van der Waals surface area contributed by atoms with Gasteiger partial charge in [0.1, 0.15) is 0 Å². The quantitative estimate of drug-likeness (QED) is 0.131. The number of para-hydroxylation sites is 1. The van der Waals surface area contributed by atoms with Gasteiger partial charge in [0.15, 0.2) is 0 Å². The molecule has 2 heterocycles. The molecule has 0 N–H and O–H groups in total. The van der Waals surface area contributed by atoms with Crippen LogP contribution in [0.4, 0.5) is 17.1 Å². The van der Waals surface area contributed by atoms with Gasteiger partial charge in [-0.05, 0) is 142 Å². The van der Waals surface area contributed by atoms with E-state index in [-0.39, 0.29) is 0 Å². The summed E-state index contributed by atoms with van der Waals surface area (Å²) in [7, 11) is 0. The molecule has 2 aliphatic carbocycles. The third-order valence-electron chi connectivity index (χ3n) is 15.6. The molecule has 0 saturated heterocycles. The number of rotatable bonds is 9. The zero-order valence-corrected chi connectivity index (χ0v) is 42.9. The minimum Gasteiger partial charge on any atom is -0.316 e. The predicted molar refractivity (Wildman–Crippen MR) is 321 cm³/mol. The highest BCUT2D eigenvalue weighted by Crippen LogP contribution is 2.57. The van der Waals surface area contributed by atoms with Gasteiger partial charge in [0.25, 0.3) is 0 Å². The second-order valence-corrected chi connectivity index (χ2v) is 20.1. The second-order valence-electron chi connectivity index (χ2n) is 20.1. The normalized spacial score (nSPS) is 13.8. The van der Waals surface area contributed by atoms with E-state index in [1.807, 2.05) is 6.92 Å². The average Bonchev–Trinajstić information content (AvgIpc) is 4.25. The number of anilines is 3. The Bertz CT molecular complexity index is 4050. The highest BCUT2D eigenvalue weighted by molar-refractivity contribution is 6.11. The van der Waals surface area contributed by atoms with Gasteiger partial charge in [-0.2, -0.15) is 0 Å². The van der Waals surface area contributed by atoms with Gasteiger partial charge < -0.3 is 14.0 Å². The Morgan fingerprint density at radius 1 is 0.500 bits per heavy atom. The lowest BCUT2D eigenvalue weighted by atomic mass is 9.67. The summed E-state index contributed by atoms with van der Waals surface area (Å²) < 4.78 is 4.90. The SMILES string of the molecule is C=CC.CC1CC=Cc2c1n(-c1cccc(-c3ccc(N(c4ccc(-c5ccccc5)cc4)c4ccc5c(c4)C(c4ccccc4)(c4ccccc4)c4ccccc4-5)cc3)c1)c1ccc3ccn(-c4ccccc4)c3c21. The molecule has 364 valence electrons. The van der Waals surface area contributed by atoms with Crippen LogP contribution in [0.3, 0.4) is 0 Å². The highest BCUT2D eigenvalue weighted by atomic mass is 15.1. The number of fused-ring (bicyclic) bond motifs is 8. The van der Waals surface area contributed by atoms with Crippen LogP contribution in [0, 0.1) is 0 Å². The van der Waals surface area contributed by atoms with Gasteiger partial charge in [0, 0.05) is 62.6 Å². The fourth-order valence-electron chi connectivity index (χ4n) is 12.4. The van der Waals surface area contributed by atoms with Crippen molar-refractivity contribution in [3.05, 3.63) is 313 Å². The molecule has 3 nitrogen and oxygen atoms in total. The molecule has 0 saturated carbocycles. The lowest BCUT2D eigenvalue weighted by Crippen LogP contribution is -2.28. The predicted octanol–water partition coefficient (Wildman–Crippen LogP) is 19.5. The Hall–Kier alpha value is -9.44. The molecule has 2 aliphatic rings. The van der Waals surface area contributed by atoms with Gasteiger partial charge in [0.2, 0.25) is 0 Å². The van der Waals surface area contributed by atoms with Crippen molar-refractivity contribution in [2.24, 2.45) is 0 Å². The van der Waals surface area contributed by atoms with E-state index in [2.05, 4.69) is 301 Å². The zero-order valence-electron chi connectivity index (χ0n) is 42.9. The van der Waals surface area contributed by atoms with E-state index in [9.17, 15) is 0 Å². The fraction of sp³-hybridized carbons (Fsp3) is 0.0685. The molecular weight excluding hydrogens is 919 g/mol. The molecule has 10 aromatic carbocycles. The molecule has 2 aromatic heterocycles. The van der Waals surface area contributed by atoms with E-state index >= 15 is 0 Å². The van der Waals surface area contributed by atoms with Crippen LogP contribution in [0.5, 0.6) is 0 Å². The summed E-state index contributed by atoms with van der Waals surface area (Å²) in [5.41, 5.74) is 22.6. The molecule has 14 rings (SSSR count). The van der Waals surface area contributed by atoms with E-state index < -0.39 is 5.41 Å². The number of hydrogen-bond donors (Lipinski definition) is 0. The Balaban J connectivity index is 0.00000180. The van der Waals surface area contributed by atoms with E-state index in [0.29, 0.717) is 5.92 Å². The van der Waals surface area contributed by atoms with Crippen LogP contribution in [-0.2, 0) is 5.41 Å². The lowest BCUT2D eigenvalue weighted by Gasteiger charge is -2.35. The molecule has 0 fully saturated rings. The van der Waals surface area contributed by atoms with Gasteiger partial charge in [-0.3, -0.25) is 0 Å². The van der Waals surface area contributed by atoms with Crippen molar-refractivity contribution in [2.45, 2.75) is 31.6 Å². The molecule has 0 bridgehead atoms. The van der Waals surface area contributed by atoms with E-state index in [1.54, 1.807) is 6.08 Å². The van der Waals surface area contributed by atoms with Crippen LogP contribution in [0.15, 0.2) is 280 Å². The van der Waals surface area contributed by atoms with Crippen LogP contribution in [-0.4, -0.2) is 9.13 Å². The van der Waals surface area contributed by atoms with Crippen molar-refractivity contribution < 1.29 is 0 Å². The maximum Gasteiger partial charge on any atom is 0.0714 e. The van der Waals surface area contributed by atoms with Crippen LogP contribution in [0.25, 0.3) is 72.6 Å². The minimum atomic E-state index is -0.515. The molecule has 0 aliphatic heterocycles. The first-order valence-electron chi connectivity index (χ1n) is 26.5. The van der Waals surface area contributed by atoms with E-state index in [4.69, 9.17) is 0 Å². The summed E-state index contributed by atoms with van der Waals surface area (Å²) >= 11 is 0. The van der Waals surface area contributed by atoms with Crippen molar-refractivity contribution in [3.63, 3.8) is 0 Å². The molecule has 1 unspecified atom stereocenters. The van der Waals surface area contributed by atoms with Crippen molar-refractivity contribution in [3.8, 4) is 44.8 Å². The number of nitrogens with zero attached hydrogens (tertiary/aromatic N) is 3. The first kappa shape index (κ1) is 46.4. The first-order chi connectivity index (χ1) is 37.5. The summed E-state index contributed by atoms with van der Waals surface area (Å²) in [6.45, 7) is 7.62. The molecule has 12 aromatic rings. The van der Waals surface area contributed by atoms with Crippen molar-refractivity contribution in [1.29, 1.82) is 0 Å². The van der Waals surface area contributed by atoms with E-state index in [0.717, 1.165) is 23.5 Å². The summed E-state index contributed by atoms with van der Waals surface area (Å²) in [4.78, 5) is 2.43. The smallest absolute Gasteiger partial charge is 0.0714 e. The summed E-state index contributed by atoms with van der Waals surface area (Å²) in [5, 5.41) is 2.55. The fourth-order valence-corrected chi connectivity index (χ4v) is 12.4. The van der Waals surface area contributed by atoms with Crippen LogP contribution in [0.1, 0.15) is 59.7 Å². The maximum absolute atomic E-state index is 3.36. The number of allylic oxidation sites excluding steroid dienone is 2. The molecule has 76 heavy (non-hydrogen) atoms.